The molecule has 1 saturated heterocycles. The number of hydrogen-bond donors (Lipinski definition) is 1. The third-order valence-corrected chi connectivity index (χ3v) is 3.73. The standard InChI is InChI=1S/C16H25FN2O2/c1-18(2)12-16(20)8-3-9-19(13-16)10-11-21-15-6-4-14(17)5-7-15/h4-7,20H,3,8-13H2,1-2H3/t16-/m1/s1. The molecule has 0 amide bonds. The first-order valence-corrected chi connectivity index (χ1v) is 7.45. The maximum absolute atomic E-state index is 12.8. The summed E-state index contributed by atoms with van der Waals surface area (Å²) in [6.45, 7) is 3.67. The maximum Gasteiger partial charge on any atom is 0.123 e. The van der Waals surface area contributed by atoms with E-state index in [1.807, 2.05) is 19.0 Å². The van der Waals surface area contributed by atoms with E-state index in [9.17, 15) is 9.50 Å². The molecule has 0 bridgehead atoms. The van der Waals surface area contributed by atoms with Crippen molar-refractivity contribution in [2.24, 2.45) is 0 Å². The second-order valence-corrected chi connectivity index (χ2v) is 6.14. The fourth-order valence-corrected chi connectivity index (χ4v) is 2.94. The summed E-state index contributed by atoms with van der Waals surface area (Å²) in [6, 6.07) is 6.06. The zero-order valence-electron chi connectivity index (χ0n) is 12.9. The predicted molar refractivity (Wildman–Crippen MR) is 81.1 cm³/mol. The Morgan fingerprint density at radius 1 is 1.33 bits per heavy atom. The largest absolute Gasteiger partial charge is 0.492 e. The summed E-state index contributed by atoms with van der Waals surface area (Å²) in [5.74, 6) is 0.420. The summed E-state index contributed by atoms with van der Waals surface area (Å²) >= 11 is 0. The highest BCUT2D eigenvalue weighted by atomic mass is 19.1. The van der Waals surface area contributed by atoms with Crippen LogP contribution in [-0.2, 0) is 0 Å². The lowest BCUT2D eigenvalue weighted by molar-refractivity contribution is -0.0477. The second-order valence-electron chi connectivity index (χ2n) is 6.14. The van der Waals surface area contributed by atoms with Crippen LogP contribution >= 0.6 is 0 Å². The number of β-amino-alcohol motifs (C(OH)–C–C–N with tert-alkyl or cyclic N) is 1. The van der Waals surface area contributed by atoms with Crippen molar-refractivity contribution < 1.29 is 14.2 Å². The van der Waals surface area contributed by atoms with E-state index in [-0.39, 0.29) is 5.82 Å². The average Bonchev–Trinajstić information content (AvgIpc) is 2.40. The lowest BCUT2D eigenvalue weighted by Crippen LogP contribution is -2.53. The van der Waals surface area contributed by atoms with Crippen LogP contribution in [0.2, 0.25) is 0 Å². The van der Waals surface area contributed by atoms with Gasteiger partial charge in [-0.1, -0.05) is 0 Å². The van der Waals surface area contributed by atoms with Gasteiger partial charge in [-0.2, -0.15) is 0 Å². The molecule has 21 heavy (non-hydrogen) atoms. The lowest BCUT2D eigenvalue weighted by Gasteiger charge is -2.40. The number of piperidine rings is 1. The molecule has 1 atom stereocenters. The van der Waals surface area contributed by atoms with Crippen molar-refractivity contribution in [3.63, 3.8) is 0 Å². The first-order valence-electron chi connectivity index (χ1n) is 7.45. The average molecular weight is 296 g/mol. The van der Waals surface area contributed by atoms with Crippen LogP contribution in [0.5, 0.6) is 5.75 Å². The number of rotatable bonds is 6. The number of ether oxygens (including phenoxy) is 1. The van der Waals surface area contributed by atoms with Gasteiger partial charge in [0.15, 0.2) is 0 Å². The topological polar surface area (TPSA) is 35.9 Å². The Bertz CT molecular complexity index is 438. The number of benzene rings is 1. The van der Waals surface area contributed by atoms with Crippen LogP contribution in [-0.4, -0.2) is 67.4 Å². The van der Waals surface area contributed by atoms with Gasteiger partial charge in [-0.05, 0) is 57.7 Å². The SMILES string of the molecule is CN(C)C[C@]1(O)CCCN(CCOc2ccc(F)cc2)C1. The van der Waals surface area contributed by atoms with E-state index in [0.717, 1.165) is 25.9 Å². The molecule has 0 spiro atoms. The number of aliphatic hydroxyl groups is 1. The number of likely N-dealkylation sites (tertiary alicyclic amines) is 1. The Hall–Kier alpha value is -1.17. The van der Waals surface area contributed by atoms with Crippen LogP contribution in [0.15, 0.2) is 24.3 Å². The summed E-state index contributed by atoms with van der Waals surface area (Å²) in [5.41, 5.74) is -0.627. The van der Waals surface area contributed by atoms with Crippen LogP contribution in [0.25, 0.3) is 0 Å². The molecular formula is C16H25FN2O2. The first kappa shape index (κ1) is 16.2. The minimum absolute atomic E-state index is 0.257. The minimum Gasteiger partial charge on any atom is -0.492 e. The quantitative estimate of drug-likeness (QED) is 0.865. The molecule has 0 radical (unpaired) electrons. The number of nitrogens with zero attached hydrogens (tertiary/aromatic N) is 2. The van der Waals surface area contributed by atoms with E-state index in [4.69, 9.17) is 4.74 Å². The van der Waals surface area contributed by atoms with Gasteiger partial charge in [-0.3, -0.25) is 4.90 Å². The van der Waals surface area contributed by atoms with Crippen LogP contribution in [0.1, 0.15) is 12.8 Å². The van der Waals surface area contributed by atoms with Crippen LogP contribution in [0, 0.1) is 5.82 Å². The molecule has 5 heteroatoms. The molecular weight excluding hydrogens is 271 g/mol. The smallest absolute Gasteiger partial charge is 0.123 e. The lowest BCUT2D eigenvalue weighted by atomic mass is 9.92. The van der Waals surface area contributed by atoms with Crippen LogP contribution in [0.3, 0.4) is 0 Å². The van der Waals surface area contributed by atoms with E-state index in [0.29, 0.717) is 25.4 Å². The molecule has 1 aromatic rings. The molecule has 0 aliphatic carbocycles. The molecule has 0 aromatic heterocycles. The third-order valence-electron chi connectivity index (χ3n) is 3.73. The second kappa shape index (κ2) is 7.20. The van der Waals surface area contributed by atoms with Crippen molar-refractivity contribution >= 4 is 0 Å². The number of likely N-dealkylation sites (N-methyl/N-ethyl adjacent to an activating group) is 1. The van der Waals surface area contributed by atoms with Gasteiger partial charge in [-0.15, -0.1) is 0 Å². The van der Waals surface area contributed by atoms with Crippen molar-refractivity contribution in [1.29, 1.82) is 0 Å². The third kappa shape index (κ3) is 5.26. The molecule has 0 saturated carbocycles. The van der Waals surface area contributed by atoms with E-state index in [1.54, 1.807) is 12.1 Å². The highest BCUT2D eigenvalue weighted by molar-refractivity contribution is 5.21. The Balaban J connectivity index is 1.76. The summed E-state index contributed by atoms with van der Waals surface area (Å²) < 4.78 is 18.4. The molecule has 1 heterocycles. The minimum atomic E-state index is -0.627. The number of halogens is 1. The molecule has 1 aromatic carbocycles. The van der Waals surface area contributed by atoms with Gasteiger partial charge in [0.05, 0.1) is 5.60 Å². The summed E-state index contributed by atoms with van der Waals surface area (Å²) in [7, 11) is 3.96. The maximum atomic E-state index is 12.8. The Labute approximate surface area is 126 Å². The van der Waals surface area contributed by atoms with Crippen molar-refractivity contribution in [3.05, 3.63) is 30.1 Å². The van der Waals surface area contributed by atoms with Gasteiger partial charge < -0.3 is 14.7 Å². The Kier molecular flexibility index (Phi) is 5.56. The summed E-state index contributed by atoms with van der Waals surface area (Å²) in [4.78, 5) is 4.26. The fraction of sp³-hybridized carbons (Fsp3) is 0.625. The molecule has 1 aliphatic rings. The van der Waals surface area contributed by atoms with Gasteiger partial charge in [-0.25, -0.2) is 4.39 Å². The normalized spacial score (nSPS) is 23.5. The summed E-state index contributed by atoms with van der Waals surface area (Å²) in [5, 5.41) is 10.6. The molecule has 1 N–H and O–H groups in total. The fourth-order valence-electron chi connectivity index (χ4n) is 2.94. The van der Waals surface area contributed by atoms with Crippen molar-refractivity contribution in [1.82, 2.24) is 9.80 Å². The molecule has 1 fully saturated rings. The highest BCUT2D eigenvalue weighted by Gasteiger charge is 2.33. The van der Waals surface area contributed by atoms with E-state index in [2.05, 4.69) is 4.90 Å². The van der Waals surface area contributed by atoms with Crippen LogP contribution < -0.4 is 4.74 Å². The zero-order valence-corrected chi connectivity index (χ0v) is 12.9. The van der Waals surface area contributed by atoms with Gasteiger partial charge in [0.25, 0.3) is 0 Å². The van der Waals surface area contributed by atoms with Gasteiger partial charge >= 0.3 is 0 Å². The predicted octanol–water partition coefficient (Wildman–Crippen LogP) is 1.59. The number of hydrogen-bond acceptors (Lipinski definition) is 4. The Morgan fingerprint density at radius 2 is 2.05 bits per heavy atom. The zero-order chi connectivity index (χ0) is 15.3. The van der Waals surface area contributed by atoms with Crippen molar-refractivity contribution in [2.75, 3.05) is 46.9 Å². The van der Waals surface area contributed by atoms with Crippen molar-refractivity contribution in [3.8, 4) is 5.75 Å². The summed E-state index contributed by atoms with van der Waals surface area (Å²) in [6.07, 6.45) is 1.85. The molecule has 118 valence electrons. The monoisotopic (exact) mass is 296 g/mol. The first-order chi connectivity index (χ1) is 9.97. The molecule has 4 nitrogen and oxygen atoms in total. The van der Waals surface area contributed by atoms with E-state index < -0.39 is 5.60 Å². The van der Waals surface area contributed by atoms with Gasteiger partial charge in [0, 0.05) is 19.6 Å². The highest BCUT2D eigenvalue weighted by Crippen LogP contribution is 2.21. The molecule has 0 unspecified atom stereocenters. The molecule has 1 aliphatic heterocycles. The van der Waals surface area contributed by atoms with E-state index >= 15 is 0 Å². The van der Waals surface area contributed by atoms with Gasteiger partial charge in [0.1, 0.15) is 18.2 Å². The molecule has 2 rings (SSSR count). The van der Waals surface area contributed by atoms with E-state index in [1.165, 1.54) is 12.1 Å². The van der Waals surface area contributed by atoms with Crippen molar-refractivity contribution in [2.45, 2.75) is 18.4 Å². The van der Waals surface area contributed by atoms with Gasteiger partial charge in [0.2, 0.25) is 0 Å². The van der Waals surface area contributed by atoms with Crippen LogP contribution in [0.4, 0.5) is 4.39 Å². The Morgan fingerprint density at radius 3 is 2.71 bits per heavy atom.